The van der Waals surface area contributed by atoms with E-state index in [2.05, 4.69) is 52.4 Å². The first kappa shape index (κ1) is 14.1. The van der Waals surface area contributed by atoms with Crippen molar-refractivity contribution in [2.45, 2.75) is 26.0 Å². The molecule has 3 heteroatoms. The van der Waals surface area contributed by atoms with Gasteiger partial charge >= 0.3 is 0 Å². The molecular formula is C16H18BrNO. The third-order valence-electron chi connectivity index (χ3n) is 3.04. The van der Waals surface area contributed by atoms with Gasteiger partial charge in [0.2, 0.25) is 0 Å². The molecule has 19 heavy (non-hydrogen) atoms. The molecule has 0 heterocycles. The summed E-state index contributed by atoms with van der Waals surface area (Å²) < 4.78 is 1.10. The average Bonchev–Trinajstić information content (AvgIpc) is 2.42. The van der Waals surface area contributed by atoms with Gasteiger partial charge in [-0.05, 0) is 37.1 Å². The molecular weight excluding hydrogens is 302 g/mol. The maximum Gasteiger partial charge on any atom is 0.0701 e. The summed E-state index contributed by atoms with van der Waals surface area (Å²) in [4.78, 5) is 0. The van der Waals surface area contributed by atoms with Gasteiger partial charge in [-0.2, -0.15) is 0 Å². The van der Waals surface area contributed by atoms with E-state index in [0.29, 0.717) is 6.04 Å². The molecule has 0 spiro atoms. The molecule has 0 fully saturated rings. The first-order valence-corrected chi connectivity index (χ1v) is 7.18. The highest BCUT2D eigenvalue weighted by atomic mass is 79.9. The molecule has 2 rings (SSSR count). The van der Waals surface area contributed by atoms with E-state index in [0.717, 1.165) is 22.1 Å². The second kappa shape index (κ2) is 6.73. The van der Waals surface area contributed by atoms with Crippen molar-refractivity contribution in [2.75, 3.05) is 5.32 Å². The Labute approximate surface area is 122 Å². The molecule has 0 saturated carbocycles. The van der Waals surface area contributed by atoms with Crippen LogP contribution in [0.15, 0.2) is 53.0 Å². The van der Waals surface area contributed by atoms with Crippen LogP contribution in [0.5, 0.6) is 0 Å². The van der Waals surface area contributed by atoms with Crippen LogP contribution in [0.25, 0.3) is 0 Å². The lowest BCUT2D eigenvalue weighted by Gasteiger charge is -2.17. The van der Waals surface area contributed by atoms with Gasteiger partial charge in [-0.1, -0.05) is 46.3 Å². The maximum absolute atomic E-state index is 9.31. The molecule has 0 aliphatic carbocycles. The summed E-state index contributed by atoms with van der Waals surface area (Å²) in [5, 5.41) is 12.8. The second-order valence-corrected chi connectivity index (χ2v) is 5.61. The van der Waals surface area contributed by atoms with E-state index < -0.39 is 0 Å². The number of aliphatic hydroxyl groups is 1. The van der Waals surface area contributed by atoms with Crippen LogP contribution >= 0.6 is 15.9 Å². The van der Waals surface area contributed by atoms with Crippen LogP contribution in [0.2, 0.25) is 0 Å². The zero-order chi connectivity index (χ0) is 13.7. The topological polar surface area (TPSA) is 32.3 Å². The van der Waals surface area contributed by atoms with E-state index in [1.807, 2.05) is 24.3 Å². The van der Waals surface area contributed by atoms with Gasteiger partial charge < -0.3 is 10.4 Å². The zero-order valence-corrected chi connectivity index (χ0v) is 12.5. The minimum atomic E-state index is 0.0637. The number of halogens is 1. The predicted molar refractivity (Wildman–Crippen MR) is 83.3 cm³/mol. The Morgan fingerprint density at radius 1 is 1.11 bits per heavy atom. The first-order chi connectivity index (χ1) is 9.19. The summed E-state index contributed by atoms with van der Waals surface area (Å²) in [5.41, 5.74) is 3.24. The van der Waals surface area contributed by atoms with Crippen LogP contribution in [-0.2, 0) is 13.0 Å². The van der Waals surface area contributed by atoms with E-state index in [9.17, 15) is 5.11 Å². The van der Waals surface area contributed by atoms with Gasteiger partial charge in [-0.25, -0.2) is 0 Å². The summed E-state index contributed by atoms with van der Waals surface area (Å²) in [5.74, 6) is 0. The van der Waals surface area contributed by atoms with Crippen LogP contribution in [0.4, 0.5) is 5.69 Å². The fourth-order valence-corrected chi connectivity index (χ4v) is 2.35. The van der Waals surface area contributed by atoms with Crippen molar-refractivity contribution in [3.05, 3.63) is 64.1 Å². The van der Waals surface area contributed by atoms with Crippen molar-refractivity contribution in [2.24, 2.45) is 0 Å². The largest absolute Gasteiger partial charge is 0.392 e. The Hall–Kier alpha value is -1.32. The quantitative estimate of drug-likeness (QED) is 0.873. The van der Waals surface area contributed by atoms with Crippen molar-refractivity contribution in [3.63, 3.8) is 0 Å². The highest BCUT2D eigenvalue weighted by Crippen LogP contribution is 2.18. The molecule has 2 nitrogen and oxygen atoms in total. The highest BCUT2D eigenvalue weighted by molar-refractivity contribution is 9.10. The SMILES string of the molecule is CC(Cc1ccc(Br)cc1)Nc1ccccc1CO. The third-order valence-corrected chi connectivity index (χ3v) is 3.57. The molecule has 2 aromatic carbocycles. The third kappa shape index (κ3) is 4.08. The molecule has 0 saturated heterocycles. The number of nitrogens with one attached hydrogen (secondary N) is 1. The Balaban J connectivity index is 2.01. The van der Waals surface area contributed by atoms with Gasteiger partial charge in [0.15, 0.2) is 0 Å². The molecule has 100 valence electrons. The lowest BCUT2D eigenvalue weighted by molar-refractivity contribution is 0.282. The molecule has 2 N–H and O–H groups in total. The minimum absolute atomic E-state index is 0.0637. The molecule has 0 radical (unpaired) electrons. The smallest absolute Gasteiger partial charge is 0.0701 e. The molecule has 0 amide bonds. The van der Waals surface area contributed by atoms with Crippen LogP contribution < -0.4 is 5.32 Å². The van der Waals surface area contributed by atoms with Crippen LogP contribution in [0.3, 0.4) is 0 Å². The molecule has 0 aliphatic rings. The summed E-state index contributed by atoms with van der Waals surface area (Å²) in [6.45, 7) is 2.21. The molecule has 2 aromatic rings. The van der Waals surface area contributed by atoms with Gasteiger partial charge in [0.25, 0.3) is 0 Å². The fraction of sp³-hybridized carbons (Fsp3) is 0.250. The molecule has 1 unspecified atom stereocenters. The van der Waals surface area contributed by atoms with Gasteiger partial charge in [0.05, 0.1) is 6.61 Å². The number of hydrogen-bond donors (Lipinski definition) is 2. The normalized spacial score (nSPS) is 12.2. The van der Waals surface area contributed by atoms with E-state index in [-0.39, 0.29) is 6.61 Å². The lowest BCUT2D eigenvalue weighted by atomic mass is 10.1. The van der Waals surface area contributed by atoms with Gasteiger partial charge in [-0.3, -0.25) is 0 Å². The van der Waals surface area contributed by atoms with Crippen molar-refractivity contribution in [3.8, 4) is 0 Å². The summed E-state index contributed by atoms with van der Waals surface area (Å²) in [7, 11) is 0. The van der Waals surface area contributed by atoms with Crippen molar-refractivity contribution in [1.29, 1.82) is 0 Å². The molecule has 0 aliphatic heterocycles. The van der Waals surface area contributed by atoms with Crippen molar-refractivity contribution >= 4 is 21.6 Å². The van der Waals surface area contributed by atoms with E-state index in [1.54, 1.807) is 0 Å². The van der Waals surface area contributed by atoms with Gasteiger partial charge in [0, 0.05) is 21.8 Å². The standard InChI is InChI=1S/C16H18BrNO/c1-12(10-13-6-8-15(17)9-7-13)18-16-5-3-2-4-14(16)11-19/h2-9,12,18-19H,10-11H2,1H3. The first-order valence-electron chi connectivity index (χ1n) is 6.39. The number of anilines is 1. The number of para-hydroxylation sites is 1. The summed E-state index contributed by atoms with van der Waals surface area (Å²) in [6, 6.07) is 16.5. The van der Waals surface area contributed by atoms with Gasteiger partial charge in [-0.15, -0.1) is 0 Å². The Morgan fingerprint density at radius 3 is 2.47 bits per heavy atom. The molecule has 0 aromatic heterocycles. The minimum Gasteiger partial charge on any atom is -0.392 e. The second-order valence-electron chi connectivity index (χ2n) is 4.69. The fourth-order valence-electron chi connectivity index (χ4n) is 2.09. The Morgan fingerprint density at radius 2 is 1.79 bits per heavy atom. The van der Waals surface area contributed by atoms with E-state index >= 15 is 0 Å². The van der Waals surface area contributed by atoms with E-state index in [4.69, 9.17) is 0 Å². The summed E-state index contributed by atoms with van der Waals surface area (Å²) in [6.07, 6.45) is 0.951. The lowest BCUT2D eigenvalue weighted by Crippen LogP contribution is -2.19. The van der Waals surface area contributed by atoms with Crippen LogP contribution in [0, 0.1) is 0 Å². The van der Waals surface area contributed by atoms with E-state index in [1.165, 1.54) is 5.56 Å². The molecule has 0 bridgehead atoms. The average molecular weight is 320 g/mol. The number of aliphatic hydroxyl groups excluding tert-OH is 1. The Bertz CT molecular complexity index is 525. The number of hydrogen-bond acceptors (Lipinski definition) is 2. The van der Waals surface area contributed by atoms with Crippen molar-refractivity contribution in [1.82, 2.24) is 0 Å². The maximum atomic E-state index is 9.31. The van der Waals surface area contributed by atoms with Crippen LogP contribution in [-0.4, -0.2) is 11.1 Å². The zero-order valence-electron chi connectivity index (χ0n) is 10.9. The monoisotopic (exact) mass is 319 g/mol. The molecule has 1 atom stereocenters. The van der Waals surface area contributed by atoms with Gasteiger partial charge in [0.1, 0.15) is 0 Å². The number of benzene rings is 2. The summed E-state index contributed by atoms with van der Waals surface area (Å²) >= 11 is 3.44. The van der Waals surface area contributed by atoms with Crippen molar-refractivity contribution < 1.29 is 5.11 Å². The number of rotatable bonds is 5. The Kier molecular flexibility index (Phi) is 5.00. The highest BCUT2D eigenvalue weighted by Gasteiger charge is 2.06. The predicted octanol–water partition coefficient (Wildman–Crippen LogP) is 3.98. The van der Waals surface area contributed by atoms with Crippen LogP contribution in [0.1, 0.15) is 18.1 Å².